The van der Waals surface area contributed by atoms with E-state index in [1.165, 1.54) is 12.1 Å². The maximum absolute atomic E-state index is 13.1. The number of carbonyl (C=O) groups is 1. The van der Waals surface area contributed by atoms with Gasteiger partial charge in [-0.1, -0.05) is 29.8 Å². The van der Waals surface area contributed by atoms with Crippen LogP contribution in [-0.4, -0.2) is 10.5 Å². The molecule has 4 aromatic rings. The molecule has 0 saturated carbocycles. The molecule has 0 saturated heterocycles. The highest BCUT2D eigenvalue weighted by Crippen LogP contribution is 2.26. The summed E-state index contributed by atoms with van der Waals surface area (Å²) in [7, 11) is 0. The Morgan fingerprint density at radius 2 is 1.78 bits per heavy atom. The third-order valence-electron chi connectivity index (χ3n) is 6.06. The number of nitriles is 1. The topological polar surface area (TPSA) is 67.0 Å². The van der Waals surface area contributed by atoms with Gasteiger partial charge in [-0.3, -0.25) is 4.79 Å². The van der Waals surface area contributed by atoms with Crippen molar-refractivity contribution >= 4 is 29.3 Å². The molecule has 1 aromatic heterocycles. The highest BCUT2D eigenvalue weighted by Gasteiger charge is 2.15. The van der Waals surface area contributed by atoms with E-state index < -0.39 is 5.91 Å². The molecule has 3 aromatic carbocycles. The van der Waals surface area contributed by atoms with Crippen LogP contribution < -0.4 is 10.1 Å². The van der Waals surface area contributed by atoms with E-state index in [1.54, 1.807) is 43.3 Å². The molecule has 0 bridgehead atoms. The minimum absolute atomic E-state index is 0.0100. The first kappa shape index (κ1) is 25.7. The van der Waals surface area contributed by atoms with E-state index in [4.69, 9.17) is 16.3 Å². The van der Waals surface area contributed by atoms with Crippen molar-refractivity contribution < 1.29 is 13.9 Å². The average molecular weight is 514 g/mol. The number of aryl methyl sites for hydroxylation is 1. The first-order valence-electron chi connectivity index (χ1n) is 11.6. The molecule has 186 valence electrons. The van der Waals surface area contributed by atoms with Gasteiger partial charge in [0.2, 0.25) is 0 Å². The zero-order valence-electron chi connectivity index (χ0n) is 20.7. The smallest absolute Gasteiger partial charge is 0.266 e. The Labute approximate surface area is 220 Å². The number of benzene rings is 3. The molecule has 37 heavy (non-hydrogen) atoms. The van der Waals surface area contributed by atoms with E-state index in [0.29, 0.717) is 23.1 Å². The molecule has 0 unspecified atom stereocenters. The summed E-state index contributed by atoms with van der Waals surface area (Å²) in [5.74, 6) is -0.0887. The van der Waals surface area contributed by atoms with Crippen molar-refractivity contribution in [1.29, 1.82) is 5.26 Å². The third kappa shape index (κ3) is 5.91. The summed E-state index contributed by atoms with van der Waals surface area (Å²) in [4.78, 5) is 12.8. The van der Waals surface area contributed by atoms with E-state index >= 15 is 0 Å². The predicted octanol–water partition coefficient (Wildman–Crippen LogP) is 7.32. The summed E-state index contributed by atoms with van der Waals surface area (Å²) in [6.45, 7) is 6.04. The number of anilines is 1. The molecule has 0 aliphatic heterocycles. The van der Waals surface area contributed by atoms with Crippen LogP contribution in [0.15, 0.2) is 78.4 Å². The average Bonchev–Trinajstić information content (AvgIpc) is 3.17. The Bertz CT molecular complexity index is 1510. The van der Waals surface area contributed by atoms with Gasteiger partial charge in [0.25, 0.3) is 5.91 Å². The number of hydrogen-bond donors (Lipinski definition) is 1. The number of nitrogens with one attached hydrogen (secondary N) is 1. The van der Waals surface area contributed by atoms with Crippen molar-refractivity contribution in [1.82, 2.24) is 4.57 Å². The molecule has 0 fully saturated rings. The summed E-state index contributed by atoms with van der Waals surface area (Å²) in [6, 6.07) is 23.0. The minimum Gasteiger partial charge on any atom is -0.489 e. The van der Waals surface area contributed by atoms with Gasteiger partial charge in [0.05, 0.1) is 0 Å². The first-order valence-corrected chi connectivity index (χ1v) is 12.0. The second-order valence-electron chi connectivity index (χ2n) is 8.61. The second-order valence-corrected chi connectivity index (χ2v) is 9.01. The Morgan fingerprint density at radius 1 is 1.08 bits per heavy atom. The molecule has 0 atom stereocenters. The fourth-order valence-corrected chi connectivity index (χ4v) is 4.18. The lowest BCUT2D eigenvalue weighted by Crippen LogP contribution is -2.14. The van der Waals surface area contributed by atoms with Crippen molar-refractivity contribution in [2.75, 3.05) is 5.32 Å². The van der Waals surface area contributed by atoms with E-state index in [-0.39, 0.29) is 11.4 Å². The molecule has 0 radical (unpaired) electrons. The summed E-state index contributed by atoms with van der Waals surface area (Å²) in [5, 5.41) is 13.0. The Kier molecular flexibility index (Phi) is 7.76. The lowest BCUT2D eigenvalue weighted by molar-refractivity contribution is -0.112. The predicted molar refractivity (Wildman–Crippen MR) is 144 cm³/mol. The summed E-state index contributed by atoms with van der Waals surface area (Å²) < 4.78 is 20.9. The number of amides is 1. The van der Waals surface area contributed by atoms with Crippen LogP contribution in [-0.2, 0) is 11.4 Å². The lowest BCUT2D eigenvalue weighted by atomic mass is 10.1. The molecule has 1 N–H and O–H groups in total. The van der Waals surface area contributed by atoms with E-state index in [2.05, 4.69) is 5.32 Å². The monoisotopic (exact) mass is 513 g/mol. The van der Waals surface area contributed by atoms with Gasteiger partial charge in [-0.15, -0.1) is 0 Å². The van der Waals surface area contributed by atoms with Crippen LogP contribution in [0.3, 0.4) is 0 Å². The van der Waals surface area contributed by atoms with Crippen molar-refractivity contribution in [3.05, 3.63) is 117 Å². The number of halogens is 2. The number of nitrogens with zero attached hydrogens (tertiary/aromatic N) is 2. The molecule has 1 amide bonds. The number of rotatable bonds is 7. The van der Waals surface area contributed by atoms with Crippen LogP contribution in [0.5, 0.6) is 5.75 Å². The fourth-order valence-electron chi connectivity index (χ4n) is 4.01. The van der Waals surface area contributed by atoms with Crippen molar-refractivity contribution in [2.45, 2.75) is 27.4 Å². The van der Waals surface area contributed by atoms with Crippen LogP contribution >= 0.6 is 11.6 Å². The quantitative estimate of drug-likeness (QED) is 0.208. The summed E-state index contributed by atoms with van der Waals surface area (Å²) in [6.07, 6.45) is 1.59. The molecular weight excluding hydrogens is 489 g/mol. The molecule has 4 rings (SSSR count). The fraction of sp³-hybridized carbons (Fsp3) is 0.133. The van der Waals surface area contributed by atoms with Crippen molar-refractivity contribution in [3.8, 4) is 17.5 Å². The number of hydrogen-bond acceptors (Lipinski definition) is 3. The van der Waals surface area contributed by atoms with E-state index in [9.17, 15) is 14.4 Å². The van der Waals surface area contributed by atoms with Gasteiger partial charge in [-0.05, 0) is 98.1 Å². The molecule has 7 heteroatoms. The van der Waals surface area contributed by atoms with Crippen molar-refractivity contribution in [2.24, 2.45) is 0 Å². The van der Waals surface area contributed by atoms with Gasteiger partial charge < -0.3 is 14.6 Å². The van der Waals surface area contributed by atoms with E-state index in [0.717, 1.165) is 33.8 Å². The number of ether oxygens (including phenoxy) is 1. The van der Waals surface area contributed by atoms with Gasteiger partial charge in [0, 0.05) is 27.8 Å². The lowest BCUT2D eigenvalue weighted by Gasteiger charge is -2.12. The zero-order chi connectivity index (χ0) is 26.5. The molecule has 0 aliphatic rings. The molecule has 0 spiro atoms. The maximum Gasteiger partial charge on any atom is 0.266 e. The van der Waals surface area contributed by atoms with Gasteiger partial charge in [-0.25, -0.2) is 4.39 Å². The summed E-state index contributed by atoms with van der Waals surface area (Å²) >= 11 is 6.15. The van der Waals surface area contributed by atoms with Crippen LogP contribution in [0.2, 0.25) is 5.02 Å². The number of carbonyl (C=O) groups excluding carboxylic acids is 1. The molecule has 0 aliphatic carbocycles. The molecular formula is C30H25ClFN3O2. The highest BCUT2D eigenvalue weighted by molar-refractivity contribution is 6.31. The van der Waals surface area contributed by atoms with Gasteiger partial charge in [0.1, 0.15) is 29.8 Å². The Balaban J connectivity index is 1.52. The maximum atomic E-state index is 13.1. The SMILES string of the molecule is Cc1c(Cl)cccc1NC(=O)/C(C#N)=C\c1cc(C)n(-c2ccc(OCc3ccc(F)cc3)cc2)c1C. The molecule has 5 nitrogen and oxygen atoms in total. The normalized spacial score (nSPS) is 11.2. The zero-order valence-corrected chi connectivity index (χ0v) is 21.4. The van der Waals surface area contributed by atoms with E-state index in [1.807, 2.05) is 54.8 Å². The highest BCUT2D eigenvalue weighted by atomic mass is 35.5. The second kappa shape index (κ2) is 11.2. The standard InChI is InChI=1S/C30H25ClFN3O2/c1-19-15-23(16-24(17-33)30(36)34-29-6-4-5-28(31)20(29)2)21(3)35(19)26-11-13-27(14-12-26)37-18-22-7-9-25(32)10-8-22/h4-16H,18H2,1-3H3,(H,34,36)/b24-16-. The Morgan fingerprint density at radius 3 is 2.46 bits per heavy atom. The van der Waals surface area contributed by atoms with Crippen LogP contribution in [0.4, 0.5) is 10.1 Å². The summed E-state index contributed by atoms with van der Waals surface area (Å²) in [5.41, 5.74) is 5.68. The van der Waals surface area contributed by atoms with Crippen LogP contribution in [0.25, 0.3) is 11.8 Å². The van der Waals surface area contributed by atoms with Crippen molar-refractivity contribution in [3.63, 3.8) is 0 Å². The molecule has 1 heterocycles. The van der Waals surface area contributed by atoms with Gasteiger partial charge in [0.15, 0.2) is 0 Å². The van der Waals surface area contributed by atoms with Crippen LogP contribution in [0.1, 0.15) is 28.1 Å². The Hall–Kier alpha value is -4.34. The van der Waals surface area contributed by atoms with Crippen LogP contribution in [0, 0.1) is 37.9 Å². The number of aromatic nitrogens is 1. The third-order valence-corrected chi connectivity index (χ3v) is 6.47. The first-order chi connectivity index (χ1) is 17.8. The largest absolute Gasteiger partial charge is 0.489 e. The van der Waals surface area contributed by atoms with Gasteiger partial charge in [-0.2, -0.15) is 5.26 Å². The minimum atomic E-state index is -0.500. The van der Waals surface area contributed by atoms with Gasteiger partial charge >= 0.3 is 0 Å².